The van der Waals surface area contributed by atoms with Crippen LogP contribution in [0.5, 0.6) is 11.5 Å². The van der Waals surface area contributed by atoms with Gasteiger partial charge in [-0.3, -0.25) is 4.79 Å². The highest BCUT2D eigenvalue weighted by Crippen LogP contribution is 2.35. The zero-order chi connectivity index (χ0) is 25.6. The van der Waals surface area contributed by atoms with Crippen molar-refractivity contribution >= 4 is 32.8 Å². The van der Waals surface area contributed by atoms with Crippen molar-refractivity contribution in [2.75, 3.05) is 26.3 Å². The maximum atomic E-state index is 13.3. The van der Waals surface area contributed by atoms with Crippen molar-refractivity contribution in [3.05, 3.63) is 69.2 Å². The number of piperidine rings is 1. The average Bonchev–Trinajstić information content (AvgIpc) is 3.33. The van der Waals surface area contributed by atoms with E-state index in [1.807, 2.05) is 18.2 Å². The second kappa shape index (κ2) is 9.43. The average molecular weight is 543 g/mol. The summed E-state index contributed by atoms with van der Waals surface area (Å²) in [5.74, 6) is 1.35. The Morgan fingerprint density at radius 3 is 2.59 bits per heavy atom. The molecule has 2 aliphatic heterocycles. The molecular weight excluding hydrogens is 520 g/mol. The zero-order valence-electron chi connectivity index (χ0n) is 19.6. The normalized spacial score (nSPS) is 16.8. The first kappa shape index (κ1) is 23.9. The monoisotopic (exact) mass is 542 g/mol. The van der Waals surface area contributed by atoms with Crippen molar-refractivity contribution in [3.63, 3.8) is 0 Å². The van der Waals surface area contributed by atoms with E-state index in [9.17, 15) is 13.2 Å². The Kier molecular flexibility index (Phi) is 6.09. The van der Waals surface area contributed by atoms with Crippen LogP contribution in [0.25, 0.3) is 11.2 Å². The first-order valence-corrected chi connectivity index (χ1v) is 13.7. The number of aromatic amines is 1. The predicted octanol–water partition coefficient (Wildman–Crippen LogP) is 2.56. The second-order valence-electron chi connectivity index (χ2n) is 8.95. The molecule has 13 heteroatoms. The number of halogens is 1. The SMILES string of the molecule is O=c1[nH]c(C2CCN(S(=O)(=O)c3ccc4c(c3)OCCO4)CC2)nc2c1nnn2Cc1ccccc1Cl. The number of ether oxygens (including phenoxy) is 2. The number of nitrogens with zero attached hydrogens (tertiary/aromatic N) is 5. The molecule has 0 radical (unpaired) electrons. The van der Waals surface area contributed by atoms with Crippen LogP contribution in [0.15, 0.2) is 52.2 Å². The summed E-state index contributed by atoms with van der Waals surface area (Å²) in [4.78, 5) is 20.4. The van der Waals surface area contributed by atoms with Gasteiger partial charge in [0.1, 0.15) is 19.0 Å². The minimum atomic E-state index is -3.71. The van der Waals surface area contributed by atoms with Crippen LogP contribution < -0.4 is 15.0 Å². The second-order valence-corrected chi connectivity index (χ2v) is 11.3. The zero-order valence-corrected chi connectivity index (χ0v) is 21.2. The standard InChI is InChI=1S/C24H23ClN6O5S/c25-18-4-2-1-3-16(18)14-31-23-21(28-29-31)24(32)27-22(26-23)15-7-9-30(10-8-15)37(33,34)17-5-6-19-20(13-17)36-12-11-35-19/h1-6,13,15H,7-12,14H2,(H,26,27,32). The van der Waals surface area contributed by atoms with Gasteiger partial charge in [0.25, 0.3) is 5.56 Å². The van der Waals surface area contributed by atoms with E-state index in [0.717, 1.165) is 5.56 Å². The summed E-state index contributed by atoms with van der Waals surface area (Å²) in [6, 6.07) is 12.0. The van der Waals surface area contributed by atoms with Crippen molar-refractivity contribution < 1.29 is 17.9 Å². The summed E-state index contributed by atoms with van der Waals surface area (Å²) in [7, 11) is -3.71. The Bertz CT molecular complexity index is 1650. The van der Waals surface area contributed by atoms with E-state index in [0.29, 0.717) is 73.7 Å². The lowest BCUT2D eigenvalue weighted by Gasteiger charge is -2.31. The van der Waals surface area contributed by atoms with Crippen molar-refractivity contribution in [1.82, 2.24) is 29.3 Å². The van der Waals surface area contributed by atoms with Crippen molar-refractivity contribution in [1.29, 1.82) is 0 Å². The van der Waals surface area contributed by atoms with Gasteiger partial charge in [-0.15, -0.1) is 5.10 Å². The van der Waals surface area contributed by atoms with Crippen molar-refractivity contribution in [3.8, 4) is 11.5 Å². The van der Waals surface area contributed by atoms with Crippen LogP contribution in [0.2, 0.25) is 5.02 Å². The van der Waals surface area contributed by atoms with E-state index in [1.54, 1.807) is 16.8 Å². The highest BCUT2D eigenvalue weighted by molar-refractivity contribution is 7.89. The van der Waals surface area contributed by atoms with Crippen LogP contribution in [0.4, 0.5) is 0 Å². The number of H-pyrrole nitrogens is 1. The highest BCUT2D eigenvalue weighted by Gasteiger charge is 2.32. The third-order valence-corrected chi connectivity index (χ3v) is 8.93. The van der Waals surface area contributed by atoms with Crippen LogP contribution in [0.3, 0.4) is 0 Å². The van der Waals surface area contributed by atoms with Gasteiger partial charge in [-0.25, -0.2) is 18.1 Å². The van der Waals surface area contributed by atoms with Crippen LogP contribution in [0.1, 0.15) is 30.1 Å². The minimum absolute atomic E-state index is 0.118. The van der Waals surface area contributed by atoms with E-state index < -0.39 is 10.0 Å². The van der Waals surface area contributed by atoms with E-state index in [4.69, 9.17) is 21.1 Å². The summed E-state index contributed by atoms with van der Waals surface area (Å²) < 4.78 is 40.6. The molecule has 0 aliphatic carbocycles. The van der Waals surface area contributed by atoms with Gasteiger partial charge in [0.05, 0.1) is 11.4 Å². The molecule has 11 nitrogen and oxygen atoms in total. The molecule has 0 spiro atoms. The molecule has 0 saturated carbocycles. The summed E-state index contributed by atoms with van der Waals surface area (Å²) in [5.41, 5.74) is 0.966. The van der Waals surface area contributed by atoms with E-state index in [1.165, 1.54) is 16.4 Å². The molecule has 1 fully saturated rings. The van der Waals surface area contributed by atoms with Gasteiger partial charge in [0.2, 0.25) is 10.0 Å². The molecule has 192 valence electrons. The molecule has 2 aliphatic rings. The van der Waals surface area contributed by atoms with Gasteiger partial charge in [-0.05, 0) is 36.6 Å². The van der Waals surface area contributed by atoms with E-state index in [-0.39, 0.29) is 21.9 Å². The van der Waals surface area contributed by atoms with E-state index in [2.05, 4.69) is 20.3 Å². The number of rotatable bonds is 5. The molecular formula is C24H23ClN6O5S. The lowest BCUT2D eigenvalue weighted by Crippen LogP contribution is -2.38. The topological polar surface area (TPSA) is 132 Å². The molecule has 2 aromatic heterocycles. The number of benzene rings is 2. The van der Waals surface area contributed by atoms with Gasteiger partial charge in [-0.2, -0.15) is 4.31 Å². The number of fused-ring (bicyclic) bond motifs is 2. The first-order valence-electron chi connectivity index (χ1n) is 11.9. The van der Waals surface area contributed by atoms with Gasteiger partial charge in [-0.1, -0.05) is 35.0 Å². The molecule has 0 amide bonds. The number of aromatic nitrogens is 5. The van der Waals surface area contributed by atoms with Gasteiger partial charge in [0.15, 0.2) is 22.7 Å². The Balaban J connectivity index is 1.22. The minimum Gasteiger partial charge on any atom is -0.486 e. The molecule has 0 unspecified atom stereocenters. The Hall–Kier alpha value is -3.48. The third kappa shape index (κ3) is 4.45. The highest BCUT2D eigenvalue weighted by atomic mass is 35.5. The van der Waals surface area contributed by atoms with Crippen LogP contribution >= 0.6 is 11.6 Å². The molecule has 1 N–H and O–H groups in total. The number of hydrogen-bond donors (Lipinski definition) is 1. The van der Waals surface area contributed by atoms with Crippen LogP contribution in [-0.4, -0.2) is 64.0 Å². The molecule has 4 heterocycles. The lowest BCUT2D eigenvalue weighted by atomic mass is 9.97. The van der Waals surface area contributed by atoms with Gasteiger partial charge < -0.3 is 14.5 Å². The summed E-state index contributed by atoms with van der Waals surface area (Å²) in [5, 5.41) is 8.69. The largest absolute Gasteiger partial charge is 0.486 e. The van der Waals surface area contributed by atoms with Crippen molar-refractivity contribution in [2.24, 2.45) is 0 Å². The maximum absolute atomic E-state index is 13.3. The number of sulfonamides is 1. The van der Waals surface area contributed by atoms with Gasteiger partial charge in [0, 0.05) is 30.1 Å². The Labute approximate surface area is 217 Å². The van der Waals surface area contributed by atoms with Crippen molar-refractivity contribution in [2.45, 2.75) is 30.2 Å². The van der Waals surface area contributed by atoms with Crippen LogP contribution in [-0.2, 0) is 16.6 Å². The number of nitrogens with one attached hydrogen (secondary N) is 1. The summed E-state index contributed by atoms with van der Waals surface area (Å²) in [6.45, 7) is 1.72. The predicted molar refractivity (Wildman–Crippen MR) is 135 cm³/mol. The molecule has 0 atom stereocenters. The first-order chi connectivity index (χ1) is 17.9. The molecule has 37 heavy (non-hydrogen) atoms. The third-order valence-electron chi connectivity index (χ3n) is 6.66. The Morgan fingerprint density at radius 2 is 1.81 bits per heavy atom. The number of hydrogen-bond acceptors (Lipinski definition) is 8. The smallest absolute Gasteiger partial charge is 0.281 e. The fraction of sp³-hybridized carbons (Fsp3) is 0.333. The molecule has 6 rings (SSSR count). The molecule has 1 saturated heterocycles. The fourth-order valence-corrected chi connectivity index (χ4v) is 6.36. The van der Waals surface area contributed by atoms with Gasteiger partial charge >= 0.3 is 0 Å². The van der Waals surface area contributed by atoms with Crippen LogP contribution in [0, 0.1) is 0 Å². The Morgan fingerprint density at radius 1 is 1.05 bits per heavy atom. The van der Waals surface area contributed by atoms with E-state index >= 15 is 0 Å². The molecule has 0 bridgehead atoms. The molecule has 4 aromatic rings. The molecule has 2 aromatic carbocycles. The fourth-order valence-electron chi connectivity index (χ4n) is 4.67. The summed E-state index contributed by atoms with van der Waals surface area (Å²) >= 11 is 6.29. The quantitative estimate of drug-likeness (QED) is 0.407. The maximum Gasteiger partial charge on any atom is 0.281 e. The summed E-state index contributed by atoms with van der Waals surface area (Å²) in [6.07, 6.45) is 1.01. The lowest BCUT2D eigenvalue weighted by molar-refractivity contribution is 0.171.